The van der Waals surface area contributed by atoms with Crippen molar-refractivity contribution in [2.24, 2.45) is 4.99 Å². The molecular weight excluding hydrogens is 274 g/mol. The topological polar surface area (TPSA) is 35.9 Å². The first-order chi connectivity index (χ1) is 9.77. The fourth-order valence-corrected chi connectivity index (χ4v) is 2.99. The fourth-order valence-electron chi connectivity index (χ4n) is 2.77. The molecule has 4 nitrogen and oxygen atoms in total. The Kier molecular flexibility index (Phi) is 3.92. The number of nitrogens with zero attached hydrogens (tertiary/aromatic N) is 3. The predicted octanol–water partition coefficient (Wildman–Crippen LogP) is 2.64. The average molecular weight is 292 g/mol. The molecule has 5 heteroatoms. The molecule has 0 saturated carbocycles. The Morgan fingerprint density at radius 3 is 2.60 bits per heavy atom. The molecule has 0 spiro atoms. The van der Waals surface area contributed by atoms with Gasteiger partial charge in [0.25, 0.3) is 5.91 Å². The minimum Gasteiger partial charge on any atom is -0.342 e. The van der Waals surface area contributed by atoms with E-state index in [-0.39, 0.29) is 5.91 Å². The second kappa shape index (κ2) is 5.83. The van der Waals surface area contributed by atoms with Crippen molar-refractivity contribution in [3.63, 3.8) is 0 Å². The molecule has 20 heavy (non-hydrogen) atoms. The van der Waals surface area contributed by atoms with Crippen LogP contribution in [0.5, 0.6) is 0 Å². The van der Waals surface area contributed by atoms with Crippen molar-refractivity contribution in [1.82, 2.24) is 9.80 Å². The van der Waals surface area contributed by atoms with Crippen molar-refractivity contribution in [1.29, 1.82) is 0 Å². The van der Waals surface area contributed by atoms with Crippen LogP contribution in [-0.2, 0) is 0 Å². The van der Waals surface area contributed by atoms with E-state index >= 15 is 0 Å². The summed E-state index contributed by atoms with van der Waals surface area (Å²) in [7, 11) is 0. The summed E-state index contributed by atoms with van der Waals surface area (Å²) in [5.41, 5.74) is 0.556. The number of piperidine rings is 1. The summed E-state index contributed by atoms with van der Waals surface area (Å²) < 4.78 is 0. The number of rotatable bonds is 1. The molecule has 0 bridgehead atoms. The van der Waals surface area contributed by atoms with Crippen molar-refractivity contribution < 1.29 is 4.79 Å². The van der Waals surface area contributed by atoms with E-state index in [2.05, 4.69) is 9.89 Å². The molecule has 0 aromatic heterocycles. The Hall–Kier alpha value is -1.55. The minimum atomic E-state index is -0.0441. The van der Waals surface area contributed by atoms with Gasteiger partial charge in [-0.05, 0) is 31.4 Å². The zero-order valence-corrected chi connectivity index (χ0v) is 12.1. The Balaban J connectivity index is 1.81. The molecular formula is C15H18ClN3O. The van der Waals surface area contributed by atoms with Crippen molar-refractivity contribution in [2.75, 3.05) is 26.2 Å². The van der Waals surface area contributed by atoms with Crippen LogP contribution in [-0.4, -0.2) is 47.8 Å². The molecule has 0 unspecified atom stereocenters. The largest absolute Gasteiger partial charge is 0.342 e. The predicted molar refractivity (Wildman–Crippen MR) is 80.2 cm³/mol. The molecule has 1 aromatic rings. The summed E-state index contributed by atoms with van der Waals surface area (Å²) in [6.45, 7) is 3.31. The van der Waals surface area contributed by atoms with E-state index in [1.165, 1.54) is 19.3 Å². The molecule has 2 aliphatic rings. The van der Waals surface area contributed by atoms with Gasteiger partial charge < -0.3 is 4.90 Å². The number of aliphatic imine (C=N–C) groups is 1. The van der Waals surface area contributed by atoms with E-state index in [9.17, 15) is 4.79 Å². The molecule has 0 N–H and O–H groups in total. The van der Waals surface area contributed by atoms with Gasteiger partial charge in [-0.25, -0.2) is 0 Å². The highest BCUT2D eigenvalue weighted by molar-refractivity contribution is 6.34. The number of carbonyl (C=O) groups is 1. The van der Waals surface area contributed by atoms with Gasteiger partial charge in [-0.1, -0.05) is 23.7 Å². The second-order valence-corrected chi connectivity index (χ2v) is 5.57. The number of benzene rings is 1. The van der Waals surface area contributed by atoms with Crippen LogP contribution >= 0.6 is 11.6 Å². The van der Waals surface area contributed by atoms with Crippen LogP contribution in [0.3, 0.4) is 0 Å². The van der Waals surface area contributed by atoms with Gasteiger partial charge in [-0.15, -0.1) is 0 Å². The lowest BCUT2D eigenvalue weighted by molar-refractivity contribution is 0.0841. The van der Waals surface area contributed by atoms with Gasteiger partial charge in [-0.3, -0.25) is 14.7 Å². The Bertz CT molecular complexity index is 538. The first-order valence-corrected chi connectivity index (χ1v) is 7.51. The van der Waals surface area contributed by atoms with Crippen LogP contribution < -0.4 is 0 Å². The summed E-state index contributed by atoms with van der Waals surface area (Å²) in [5, 5.41) is 0.502. The van der Waals surface area contributed by atoms with E-state index in [4.69, 9.17) is 11.6 Å². The lowest BCUT2D eigenvalue weighted by Gasteiger charge is -2.32. The van der Waals surface area contributed by atoms with E-state index in [0.717, 1.165) is 19.0 Å². The lowest BCUT2D eigenvalue weighted by atomic mass is 10.1. The molecule has 2 heterocycles. The highest BCUT2D eigenvalue weighted by Gasteiger charge is 2.30. The van der Waals surface area contributed by atoms with Crippen LogP contribution in [0, 0.1) is 0 Å². The van der Waals surface area contributed by atoms with Crippen molar-refractivity contribution in [2.45, 2.75) is 19.3 Å². The Morgan fingerprint density at radius 2 is 1.85 bits per heavy atom. The number of amides is 1. The van der Waals surface area contributed by atoms with E-state index < -0.39 is 0 Å². The number of hydrogen-bond acceptors (Lipinski definition) is 3. The SMILES string of the molecule is O=C(c1ccccc1Cl)N1CCN=C1N1CCCCC1. The Morgan fingerprint density at radius 1 is 1.10 bits per heavy atom. The number of hydrogen-bond donors (Lipinski definition) is 0. The monoisotopic (exact) mass is 291 g/mol. The molecule has 1 aromatic carbocycles. The van der Waals surface area contributed by atoms with Gasteiger partial charge in [0.05, 0.1) is 17.1 Å². The minimum absolute atomic E-state index is 0.0441. The maximum Gasteiger partial charge on any atom is 0.262 e. The third-order valence-corrected chi connectivity index (χ3v) is 4.14. The molecule has 2 aliphatic heterocycles. The first kappa shape index (κ1) is 13.4. The van der Waals surface area contributed by atoms with Gasteiger partial charge >= 0.3 is 0 Å². The third kappa shape index (κ3) is 2.52. The lowest BCUT2D eigenvalue weighted by Crippen LogP contribution is -2.47. The summed E-state index contributed by atoms with van der Waals surface area (Å²) in [4.78, 5) is 21.2. The summed E-state index contributed by atoms with van der Waals surface area (Å²) >= 11 is 6.13. The van der Waals surface area contributed by atoms with Gasteiger partial charge in [0.2, 0.25) is 5.96 Å². The Labute approximate surface area is 124 Å². The average Bonchev–Trinajstić information content (AvgIpc) is 2.97. The number of likely N-dealkylation sites (tertiary alicyclic amines) is 1. The molecule has 1 saturated heterocycles. The maximum atomic E-state index is 12.7. The first-order valence-electron chi connectivity index (χ1n) is 7.13. The molecule has 3 rings (SSSR count). The highest BCUT2D eigenvalue weighted by atomic mass is 35.5. The second-order valence-electron chi connectivity index (χ2n) is 5.17. The van der Waals surface area contributed by atoms with Crippen LogP contribution in [0.1, 0.15) is 29.6 Å². The zero-order chi connectivity index (χ0) is 13.9. The number of guanidine groups is 1. The quantitative estimate of drug-likeness (QED) is 0.797. The van der Waals surface area contributed by atoms with Gasteiger partial charge in [-0.2, -0.15) is 0 Å². The molecule has 0 radical (unpaired) electrons. The third-order valence-electron chi connectivity index (χ3n) is 3.81. The highest BCUT2D eigenvalue weighted by Crippen LogP contribution is 2.21. The van der Waals surface area contributed by atoms with E-state index in [1.807, 2.05) is 12.1 Å². The normalized spacial score (nSPS) is 19.1. The van der Waals surface area contributed by atoms with Crippen LogP contribution in [0.15, 0.2) is 29.3 Å². The molecule has 0 aliphatic carbocycles. The van der Waals surface area contributed by atoms with Gasteiger partial charge in [0.1, 0.15) is 0 Å². The van der Waals surface area contributed by atoms with Crippen molar-refractivity contribution in [3.8, 4) is 0 Å². The van der Waals surface area contributed by atoms with Crippen molar-refractivity contribution >= 4 is 23.5 Å². The molecule has 1 amide bonds. The summed E-state index contributed by atoms with van der Waals surface area (Å²) in [6, 6.07) is 7.20. The number of carbonyl (C=O) groups excluding carboxylic acids is 1. The van der Waals surface area contributed by atoms with Gasteiger partial charge in [0, 0.05) is 19.6 Å². The fraction of sp³-hybridized carbons (Fsp3) is 0.467. The molecule has 1 fully saturated rings. The summed E-state index contributed by atoms with van der Waals surface area (Å²) in [6.07, 6.45) is 3.61. The zero-order valence-electron chi connectivity index (χ0n) is 11.4. The van der Waals surface area contributed by atoms with Crippen LogP contribution in [0.2, 0.25) is 5.02 Å². The molecule has 106 valence electrons. The van der Waals surface area contributed by atoms with E-state index in [1.54, 1.807) is 17.0 Å². The standard InChI is InChI=1S/C15H18ClN3O/c16-13-7-3-2-6-12(13)14(20)19-11-8-17-15(19)18-9-4-1-5-10-18/h2-3,6-7H,1,4-5,8-11H2. The maximum absolute atomic E-state index is 12.7. The summed E-state index contributed by atoms with van der Waals surface area (Å²) in [5.74, 6) is 0.784. The van der Waals surface area contributed by atoms with Crippen LogP contribution in [0.4, 0.5) is 0 Å². The van der Waals surface area contributed by atoms with Crippen molar-refractivity contribution in [3.05, 3.63) is 34.9 Å². The smallest absolute Gasteiger partial charge is 0.262 e. The van der Waals surface area contributed by atoms with E-state index in [0.29, 0.717) is 23.7 Å². The molecule has 0 atom stereocenters. The van der Waals surface area contributed by atoms with Gasteiger partial charge in [0.15, 0.2) is 0 Å². The number of halogens is 1. The van der Waals surface area contributed by atoms with Crippen LogP contribution in [0.25, 0.3) is 0 Å².